The number of nitrogens with zero attached hydrogens (tertiary/aromatic N) is 4. The zero-order valence-corrected chi connectivity index (χ0v) is 37.4. The lowest BCUT2D eigenvalue weighted by Gasteiger charge is -2.45. The number of benzene rings is 10. The number of anilines is 3. The van der Waals surface area contributed by atoms with E-state index in [0.717, 1.165) is 55.6 Å². The minimum Gasteiger partial charge on any atom is -0.310 e. The summed E-state index contributed by atoms with van der Waals surface area (Å²) in [5, 5.41) is 9.44. The highest BCUT2D eigenvalue weighted by Gasteiger charge is 2.52. The van der Waals surface area contributed by atoms with Gasteiger partial charge in [-0.25, -0.2) is 0 Å². The van der Waals surface area contributed by atoms with Crippen LogP contribution in [0.25, 0.3) is 93.3 Å². The van der Waals surface area contributed by atoms with Gasteiger partial charge in [-0.2, -0.15) is 0 Å². The Morgan fingerprint density at radius 3 is 1.78 bits per heavy atom. The molecule has 1 spiro atoms. The van der Waals surface area contributed by atoms with Crippen molar-refractivity contribution in [2.45, 2.75) is 5.41 Å². The van der Waals surface area contributed by atoms with Crippen molar-refractivity contribution < 1.29 is 0 Å². The number of aromatic nitrogens is 3. The van der Waals surface area contributed by atoms with Crippen LogP contribution in [0.1, 0.15) is 22.3 Å². The average Bonchev–Trinajstić information content (AvgIpc) is 3.88. The summed E-state index contributed by atoms with van der Waals surface area (Å²) >= 11 is 0. The Morgan fingerprint density at radius 1 is 0.348 bits per heavy atom. The summed E-state index contributed by atoms with van der Waals surface area (Å²) in [6, 6.07) is 83.0. The summed E-state index contributed by atoms with van der Waals surface area (Å²) in [5.41, 5.74) is 18.1. The van der Waals surface area contributed by atoms with E-state index in [1.54, 1.807) is 0 Å². The molecule has 1 aliphatic carbocycles. The Kier molecular flexibility index (Phi) is 7.96. The maximum absolute atomic E-state index is 5.04. The first-order valence-electron chi connectivity index (χ1n) is 23.7. The molecule has 10 aromatic carbocycles. The van der Waals surface area contributed by atoms with Crippen molar-refractivity contribution in [3.05, 3.63) is 265 Å². The van der Waals surface area contributed by atoms with Crippen LogP contribution in [0, 0.1) is 0 Å². The van der Waals surface area contributed by atoms with Crippen LogP contribution in [0.3, 0.4) is 0 Å². The van der Waals surface area contributed by atoms with Crippen molar-refractivity contribution >= 4 is 71.2 Å². The number of hydrogen-bond acceptors (Lipinski definition) is 3. The molecule has 2 aliphatic rings. The molecule has 0 N–H and O–H groups in total. The first-order chi connectivity index (χ1) is 34.2. The van der Waals surface area contributed by atoms with E-state index in [9.17, 15) is 0 Å². The van der Waals surface area contributed by atoms with Gasteiger partial charge in [0.2, 0.25) is 0 Å². The second kappa shape index (κ2) is 14.4. The molecule has 0 bridgehead atoms. The zero-order chi connectivity index (χ0) is 45.2. The fourth-order valence-corrected chi connectivity index (χ4v) is 12.2. The topological polar surface area (TPSA) is 34.0 Å². The van der Waals surface area contributed by atoms with Crippen LogP contribution in [-0.4, -0.2) is 14.5 Å². The normalized spacial score (nSPS) is 13.3. The Hall–Kier alpha value is -9.12. The van der Waals surface area contributed by atoms with Crippen LogP contribution in [0.4, 0.5) is 17.1 Å². The van der Waals surface area contributed by atoms with E-state index in [0.29, 0.717) is 0 Å². The van der Waals surface area contributed by atoms with Crippen molar-refractivity contribution in [1.29, 1.82) is 0 Å². The van der Waals surface area contributed by atoms with Gasteiger partial charge in [0.1, 0.15) is 0 Å². The maximum atomic E-state index is 5.04. The van der Waals surface area contributed by atoms with E-state index in [-0.39, 0.29) is 0 Å². The summed E-state index contributed by atoms with van der Waals surface area (Å²) in [4.78, 5) is 12.3. The van der Waals surface area contributed by atoms with Gasteiger partial charge in [0.15, 0.2) is 0 Å². The summed E-state index contributed by atoms with van der Waals surface area (Å²) in [6.07, 6.45) is 5.95. The van der Waals surface area contributed by atoms with E-state index in [4.69, 9.17) is 9.97 Å². The van der Waals surface area contributed by atoms with Gasteiger partial charge in [-0.05, 0) is 122 Å². The summed E-state index contributed by atoms with van der Waals surface area (Å²) in [7, 11) is 0. The predicted molar refractivity (Wildman–Crippen MR) is 285 cm³/mol. The smallest absolute Gasteiger partial charge is 0.0780 e. The molecule has 4 heterocycles. The van der Waals surface area contributed by atoms with Crippen molar-refractivity contribution in [2.75, 3.05) is 4.90 Å². The Morgan fingerprint density at radius 2 is 0.971 bits per heavy atom. The number of para-hydroxylation sites is 3. The van der Waals surface area contributed by atoms with Gasteiger partial charge in [0.05, 0.1) is 39.2 Å². The van der Waals surface area contributed by atoms with Crippen LogP contribution < -0.4 is 4.90 Å². The Labute approximate surface area is 398 Å². The first-order valence-corrected chi connectivity index (χ1v) is 23.7. The third-order valence-electron chi connectivity index (χ3n) is 15.1. The van der Waals surface area contributed by atoms with Crippen LogP contribution in [0.15, 0.2) is 243 Å². The molecule has 0 saturated heterocycles. The van der Waals surface area contributed by atoms with Crippen molar-refractivity contribution in [1.82, 2.24) is 14.5 Å². The van der Waals surface area contributed by atoms with Crippen molar-refractivity contribution in [3.63, 3.8) is 0 Å². The molecule has 3 aromatic heterocycles. The molecule has 15 rings (SSSR count). The molecular weight excluding hydrogens is 837 g/mol. The fourth-order valence-electron chi connectivity index (χ4n) is 12.2. The molecule has 0 radical (unpaired) electrons. The average molecular weight is 877 g/mol. The molecule has 13 aromatic rings. The summed E-state index contributed by atoms with van der Waals surface area (Å²) in [6.45, 7) is 0. The Balaban J connectivity index is 1.09. The Bertz CT molecular complexity index is 4220. The van der Waals surface area contributed by atoms with Gasteiger partial charge in [-0.1, -0.05) is 158 Å². The molecular formula is C65H40N4. The molecule has 4 nitrogen and oxygen atoms in total. The SMILES string of the molecule is c1ccc(N2c3ccccc3C3(c4cc(-c5cncc6ccccc56)ccc4-c4cc5c(cc43)c3cc(-c4nccc6ccccc46)ccc3n5-c3cccc4ccccc34)c3ccccc32)cc1. The van der Waals surface area contributed by atoms with E-state index < -0.39 is 5.41 Å². The number of rotatable bonds is 4. The van der Waals surface area contributed by atoms with Gasteiger partial charge >= 0.3 is 0 Å². The molecule has 0 saturated carbocycles. The highest BCUT2D eigenvalue weighted by Crippen LogP contribution is 2.64. The van der Waals surface area contributed by atoms with E-state index in [1.165, 1.54) is 77.1 Å². The van der Waals surface area contributed by atoms with Gasteiger partial charge < -0.3 is 9.47 Å². The minimum atomic E-state index is -0.686. The number of fused-ring (bicyclic) bond motifs is 15. The molecule has 0 fully saturated rings. The van der Waals surface area contributed by atoms with E-state index in [1.807, 2.05) is 18.6 Å². The largest absolute Gasteiger partial charge is 0.310 e. The number of pyridine rings is 2. The second-order valence-electron chi connectivity index (χ2n) is 18.5. The van der Waals surface area contributed by atoms with Gasteiger partial charge in [-0.3, -0.25) is 9.97 Å². The molecule has 0 atom stereocenters. The van der Waals surface area contributed by atoms with Crippen molar-refractivity contribution in [3.8, 4) is 39.2 Å². The molecule has 4 heteroatoms. The first kappa shape index (κ1) is 38.0. The monoisotopic (exact) mass is 876 g/mol. The molecule has 1 aliphatic heterocycles. The fraction of sp³-hybridized carbons (Fsp3) is 0.0154. The predicted octanol–water partition coefficient (Wildman–Crippen LogP) is 16.5. The van der Waals surface area contributed by atoms with Crippen LogP contribution >= 0.6 is 0 Å². The standard InChI is InChI=1S/C65H40N4/c1-2-19-46(20-3-1)68-61-26-12-10-24-55(61)65(56-25-11-13-27-62(56)68)57-36-43(54-40-66-39-45-17-6-7-21-47(45)54)29-31-50(57)51-38-63-53(37-58(51)65)52-35-44(64-49-23-9-5-16-42(49)33-34-67-64)30-32-60(52)69(63)59-28-14-18-41-15-4-8-22-48(41)59/h1-40H. The molecule has 0 amide bonds. The van der Waals surface area contributed by atoms with Gasteiger partial charge in [0.25, 0.3) is 0 Å². The lowest BCUT2D eigenvalue weighted by atomic mass is 9.64. The number of hydrogen-bond donors (Lipinski definition) is 0. The van der Waals surface area contributed by atoms with Crippen LogP contribution in [-0.2, 0) is 5.41 Å². The molecule has 320 valence electrons. The second-order valence-corrected chi connectivity index (χ2v) is 18.5. The lowest BCUT2D eigenvalue weighted by Crippen LogP contribution is -2.36. The molecule has 0 unspecified atom stereocenters. The zero-order valence-electron chi connectivity index (χ0n) is 37.4. The van der Waals surface area contributed by atoms with Crippen molar-refractivity contribution in [2.24, 2.45) is 0 Å². The van der Waals surface area contributed by atoms with Gasteiger partial charge in [0, 0.05) is 62.3 Å². The van der Waals surface area contributed by atoms with E-state index in [2.05, 4.69) is 234 Å². The van der Waals surface area contributed by atoms with Crippen LogP contribution in [0.2, 0.25) is 0 Å². The third kappa shape index (κ3) is 5.28. The maximum Gasteiger partial charge on any atom is 0.0780 e. The highest BCUT2D eigenvalue weighted by atomic mass is 15.2. The lowest BCUT2D eigenvalue weighted by molar-refractivity contribution is 0.754. The van der Waals surface area contributed by atoms with Crippen LogP contribution in [0.5, 0.6) is 0 Å². The quantitative estimate of drug-likeness (QED) is 0.177. The molecule has 69 heavy (non-hydrogen) atoms. The summed E-state index contributed by atoms with van der Waals surface area (Å²) in [5.74, 6) is 0. The summed E-state index contributed by atoms with van der Waals surface area (Å²) < 4.78 is 2.51. The van der Waals surface area contributed by atoms with Gasteiger partial charge in [-0.15, -0.1) is 0 Å². The van der Waals surface area contributed by atoms with E-state index >= 15 is 0 Å². The highest BCUT2D eigenvalue weighted by molar-refractivity contribution is 6.15. The third-order valence-corrected chi connectivity index (χ3v) is 15.1. The minimum absolute atomic E-state index is 0.686.